The first kappa shape index (κ1) is 14.2. The summed E-state index contributed by atoms with van der Waals surface area (Å²) in [6.07, 6.45) is 0.341. The smallest absolute Gasteiger partial charge is 0.224 e. The molecule has 1 amide bonds. The Morgan fingerprint density at radius 1 is 1.25 bits per heavy atom. The van der Waals surface area contributed by atoms with Crippen molar-refractivity contribution in [3.63, 3.8) is 0 Å². The molecule has 4 heteroatoms. The van der Waals surface area contributed by atoms with Crippen molar-refractivity contribution in [2.75, 3.05) is 7.11 Å². The number of furan rings is 1. The average molecular weight is 273 g/mol. The molecule has 0 fully saturated rings. The van der Waals surface area contributed by atoms with Crippen molar-refractivity contribution in [3.8, 4) is 5.75 Å². The van der Waals surface area contributed by atoms with Gasteiger partial charge in [0.15, 0.2) is 0 Å². The number of carbonyl (C=O) groups excluding carboxylic acids is 1. The van der Waals surface area contributed by atoms with Gasteiger partial charge in [-0.1, -0.05) is 12.1 Å². The van der Waals surface area contributed by atoms with Gasteiger partial charge < -0.3 is 14.5 Å². The summed E-state index contributed by atoms with van der Waals surface area (Å²) in [5, 5.41) is 2.92. The molecule has 0 bridgehead atoms. The largest absolute Gasteiger partial charge is 0.497 e. The number of aryl methyl sites for hydroxylation is 1. The lowest BCUT2D eigenvalue weighted by molar-refractivity contribution is -0.121. The number of hydrogen-bond acceptors (Lipinski definition) is 3. The first-order chi connectivity index (χ1) is 9.58. The van der Waals surface area contributed by atoms with Gasteiger partial charge in [-0.15, -0.1) is 0 Å². The third-order valence-electron chi connectivity index (χ3n) is 3.09. The quantitative estimate of drug-likeness (QED) is 0.911. The van der Waals surface area contributed by atoms with Crippen LogP contribution in [0.3, 0.4) is 0 Å². The fraction of sp³-hybridized carbons (Fsp3) is 0.312. The monoisotopic (exact) mass is 273 g/mol. The number of benzene rings is 1. The summed E-state index contributed by atoms with van der Waals surface area (Å²) in [6, 6.07) is 11.1. The minimum atomic E-state index is -0.130. The first-order valence-corrected chi connectivity index (χ1v) is 6.57. The molecule has 0 aliphatic heterocycles. The van der Waals surface area contributed by atoms with Crippen molar-refractivity contribution in [2.24, 2.45) is 0 Å². The second-order valence-corrected chi connectivity index (χ2v) is 4.76. The molecule has 0 aliphatic rings. The standard InChI is InChI=1S/C16H19NO3/c1-11-4-9-15(20-11)12(2)17-16(18)10-13-5-7-14(19-3)8-6-13/h4-9,12H,10H2,1-3H3,(H,17,18). The van der Waals surface area contributed by atoms with Gasteiger partial charge in [0.1, 0.15) is 17.3 Å². The van der Waals surface area contributed by atoms with E-state index in [1.165, 1.54) is 0 Å². The molecular formula is C16H19NO3. The summed E-state index contributed by atoms with van der Waals surface area (Å²) in [5.74, 6) is 2.37. The van der Waals surface area contributed by atoms with E-state index in [0.29, 0.717) is 6.42 Å². The number of methoxy groups -OCH3 is 1. The molecular weight excluding hydrogens is 254 g/mol. The van der Waals surface area contributed by atoms with E-state index >= 15 is 0 Å². The highest BCUT2D eigenvalue weighted by atomic mass is 16.5. The number of rotatable bonds is 5. The topological polar surface area (TPSA) is 51.5 Å². The summed E-state index contributed by atoms with van der Waals surface area (Å²) in [6.45, 7) is 3.79. The summed E-state index contributed by atoms with van der Waals surface area (Å²) in [7, 11) is 1.62. The molecule has 1 unspecified atom stereocenters. The minimum absolute atomic E-state index is 0.0308. The third kappa shape index (κ3) is 3.63. The zero-order chi connectivity index (χ0) is 14.5. The molecule has 20 heavy (non-hydrogen) atoms. The maximum absolute atomic E-state index is 12.0. The van der Waals surface area contributed by atoms with Gasteiger partial charge in [0.05, 0.1) is 19.6 Å². The fourth-order valence-electron chi connectivity index (χ4n) is 1.98. The van der Waals surface area contributed by atoms with E-state index in [0.717, 1.165) is 22.8 Å². The van der Waals surface area contributed by atoms with E-state index in [-0.39, 0.29) is 11.9 Å². The molecule has 106 valence electrons. The Labute approximate surface area is 118 Å². The molecule has 2 rings (SSSR count). The van der Waals surface area contributed by atoms with Crippen molar-refractivity contribution in [1.29, 1.82) is 0 Å². The summed E-state index contributed by atoms with van der Waals surface area (Å²) >= 11 is 0. The number of hydrogen-bond donors (Lipinski definition) is 1. The van der Waals surface area contributed by atoms with Crippen molar-refractivity contribution in [1.82, 2.24) is 5.32 Å². The van der Waals surface area contributed by atoms with Crippen LogP contribution in [-0.2, 0) is 11.2 Å². The van der Waals surface area contributed by atoms with Crippen molar-refractivity contribution < 1.29 is 13.9 Å². The Bertz CT molecular complexity index is 572. The summed E-state index contributed by atoms with van der Waals surface area (Å²) in [4.78, 5) is 12.0. The minimum Gasteiger partial charge on any atom is -0.497 e. The number of carbonyl (C=O) groups is 1. The van der Waals surface area contributed by atoms with Crippen molar-refractivity contribution >= 4 is 5.91 Å². The molecule has 1 aromatic carbocycles. The summed E-state index contributed by atoms with van der Waals surface area (Å²) < 4.78 is 10.6. The molecule has 0 aliphatic carbocycles. The van der Waals surface area contributed by atoms with Crippen LogP contribution < -0.4 is 10.1 Å². The van der Waals surface area contributed by atoms with Gasteiger partial charge >= 0.3 is 0 Å². The van der Waals surface area contributed by atoms with Gasteiger partial charge in [0.25, 0.3) is 0 Å². The number of amides is 1. The molecule has 0 spiro atoms. The molecule has 2 aromatic rings. The van der Waals surface area contributed by atoms with E-state index in [1.807, 2.05) is 50.2 Å². The van der Waals surface area contributed by atoms with Gasteiger partial charge in [-0.2, -0.15) is 0 Å². The molecule has 1 N–H and O–H groups in total. The third-order valence-corrected chi connectivity index (χ3v) is 3.09. The molecule has 4 nitrogen and oxygen atoms in total. The highest BCUT2D eigenvalue weighted by molar-refractivity contribution is 5.78. The van der Waals surface area contributed by atoms with Crippen LogP contribution in [0.2, 0.25) is 0 Å². The Hall–Kier alpha value is -2.23. The lowest BCUT2D eigenvalue weighted by Gasteiger charge is -2.11. The molecule has 0 saturated carbocycles. The Balaban J connectivity index is 1.91. The highest BCUT2D eigenvalue weighted by Gasteiger charge is 2.13. The first-order valence-electron chi connectivity index (χ1n) is 6.57. The van der Waals surface area contributed by atoms with Crippen LogP contribution in [-0.4, -0.2) is 13.0 Å². The van der Waals surface area contributed by atoms with Crippen LogP contribution in [0, 0.1) is 6.92 Å². The molecule has 0 saturated heterocycles. The lowest BCUT2D eigenvalue weighted by Crippen LogP contribution is -2.27. The van der Waals surface area contributed by atoms with Crippen molar-refractivity contribution in [2.45, 2.75) is 26.3 Å². The second kappa shape index (κ2) is 6.28. The van der Waals surface area contributed by atoms with Gasteiger partial charge in [-0.05, 0) is 43.7 Å². The predicted molar refractivity (Wildman–Crippen MR) is 76.7 cm³/mol. The van der Waals surface area contributed by atoms with E-state index < -0.39 is 0 Å². The van der Waals surface area contributed by atoms with Gasteiger partial charge in [-0.25, -0.2) is 0 Å². The number of ether oxygens (including phenoxy) is 1. The predicted octanol–water partition coefficient (Wildman–Crippen LogP) is 3.02. The zero-order valence-corrected chi connectivity index (χ0v) is 12.0. The highest BCUT2D eigenvalue weighted by Crippen LogP contribution is 2.16. The van der Waals surface area contributed by atoms with E-state index in [9.17, 15) is 4.79 Å². The van der Waals surface area contributed by atoms with Crippen LogP contribution >= 0.6 is 0 Å². The molecule has 1 atom stereocenters. The maximum atomic E-state index is 12.0. The average Bonchev–Trinajstić information content (AvgIpc) is 2.86. The van der Waals surface area contributed by atoms with Crippen LogP contribution in [0.1, 0.15) is 30.0 Å². The maximum Gasteiger partial charge on any atom is 0.224 e. The van der Waals surface area contributed by atoms with Crippen LogP contribution in [0.4, 0.5) is 0 Å². The SMILES string of the molecule is COc1ccc(CC(=O)NC(C)c2ccc(C)o2)cc1. The Morgan fingerprint density at radius 3 is 2.50 bits per heavy atom. The van der Waals surface area contributed by atoms with Crippen molar-refractivity contribution in [3.05, 3.63) is 53.5 Å². The van der Waals surface area contributed by atoms with E-state index in [2.05, 4.69) is 5.32 Å². The molecule has 0 radical (unpaired) electrons. The number of nitrogens with one attached hydrogen (secondary N) is 1. The lowest BCUT2D eigenvalue weighted by atomic mass is 10.1. The fourth-order valence-corrected chi connectivity index (χ4v) is 1.98. The van der Waals surface area contributed by atoms with Crippen LogP contribution in [0.15, 0.2) is 40.8 Å². The molecule has 1 heterocycles. The summed E-state index contributed by atoms with van der Waals surface area (Å²) in [5.41, 5.74) is 0.950. The van der Waals surface area contributed by atoms with Gasteiger partial charge in [-0.3, -0.25) is 4.79 Å². The van der Waals surface area contributed by atoms with E-state index in [1.54, 1.807) is 7.11 Å². The van der Waals surface area contributed by atoms with E-state index in [4.69, 9.17) is 9.15 Å². The van der Waals surface area contributed by atoms with Crippen LogP contribution in [0.25, 0.3) is 0 Å². The zero-order valence-electron chi connectivity index (χ0n) is 12.0. The Morgan fingerprint density at radius 2 is 1.95 bits per heavy atom. The van der Waals surface area contributed by atoms with Gasteiger partial charge in [0, 0.05) is 0 Å². The van der Waals surface area contributed by atoms with Crippen LogP contribution in [0.5, 0.6) is 5.75 Å². The second-order valence-electron chi connectivity index (χ2n) is 4.76. The Kier molecular flexibility index (Phi) is 4.45. The van der Waals surface area contributed by atoms with Gasteiger partial charge in [0.2, 0.25) is 5.91 Å². The normalized spacial score (nSPS) is 11.9. The molecule has 1 aromatic heterocycles.